The Bertz CT molecular complexity index is 643. The first-order valence-electron chi connectivity index (χ1n) is 6.36. The smallest absolute Gasteiger partial charge is 0.303 e. The summed E-state index contributed by atoms with van der Waals surface area (Å²) in [6.07, 6.45) is 0.0985. The SMILES string of the molecule is CC(C)(CCC(=O)O)NS(=O)(=O)Cc1ccc(C#N)cc1. The molecule has 114 valence electrons. The second-order valence-electron chi connectivity index (χ2n) is 5.45. The van der Waals surface area contributed by atoms with E-state index in [1.807, 2.05) is 6.07 Å². The van der Waals surface area contributed by atoms with Crippen LogP contribution < -0.4 is 4.72 Å². The first kappa shape index (κ1) is 17.1. The van der Waals surface area contributed by atoms with E-state index < -0.39 is 21.5 Å². The van der Waals surface area contributed by atoms with Gasteiger partial charge in [0.05, 0.1) is 17.4 Å². The van der Waals surface area contributed by atoms with Gasteiger partial charge in [-0.25, -0.2) is 13.1 Å². The van der Waals surface area contributed by atoms with E-state index in [4.69, 9.17) is 10.4 Å². The van der Waals surface area contributed by atoms with Crippen molar-refractivity contribution in [2.75, 3.05) is 0 Å². The van der Waals surface area contributed by atoms with Crippen molar-refractivity contribution in [1.29, 1.82) is 5.26 Å². The molecule has 0 heterocycles. The van der Waals surface area contributed by atoms with E-state index in [0.717, 1.165) is 0 Å². The molecule has 0 saturated carbocycles. The number of carbonyl (C=O) groups is 1. The third kappa shape index (κ3) is 6.38. The van der Waals surface area contributed by atoms with Crippen LogP contribution in [0.1, 0.15) is 37.8 Å². The molecule has 0 saturated heterocycles. The molecule has 7 heteroatoms. The number of hydrogen-bond acceptors (Lipinski definition) is 4. The van der Waals surface area contributed by atoms with Gasteiger partial charge in [0, 0.05) is 12.0 Å². The summed E-state index contributed by atoms with van der Waals surface area (Å²) in [5.41, 5.74) is 0.200. The van der Waals surface area contributed by atoms with Crippen LogP contribution in [0.25, 0.3) is 0 Å². The van der Waals surface area contributed by atoms with E-state index in [-0.39, 0.29) is 18.6 Å². The van der Waals surface area contributed by atoms with E-state index in [1.165, 1.54) is 0 Å². The number of hydrogen-bond donors (Lipinski definition) is 2. The maximum atomic E-state index is 12.1. The molecule has 0 aromatic heterocycles. The van der Waals surface area contributed by atoms with E-state index in [1.54, 1.807) is 38.1 Å². The van der Waals surface area contributed by atoms with Crippen molar-refractivity contribution in [3.05, 3.63) is 35.4 Å². The molecule has 1 rings (SSSR count). The molecule has 0 unspecified atom stereocenters. The predicted octanol–water partition coefficient (Wildman–Crippen LogP) is 1.62. The van der Waals surface area contributed by atoms with Crippen LogP contribution in [0, 0.1) is 11.3 Å². The minimum atomic E-state index is -3.59. The molecule has 0 aliphatic heterocycles. The summed E-state index contributed by atoms with van der Waals surface area (Å²) in [4.78, 5) is 10.6. The van der Waals surface area contributed by atoms with Crippen molar-refractivity contribution in [2.45, 2.75) is 38.0 Å². The van der Waals surface area contributed by atoms with Crippen molar-refractivity contribution < 1.29 is 18.3 Å². The first-order chi connectivity index (χ1) is 9.63. The maximum absolute atomic E-state index is 12.1. The lowest BCUT2D eigenvalue weighted by molar-refractivity contribution is -0.137. The summed E-state index contributed by atoms with van der Waals surface area (Å²) in [5, 5.41) is 17.3. The fraction of sp³-hybridized carbons (Fsp3) is 0.429. The average Bonchev–Trinajstić information content (AvgIpc) is 2.35. The van der Waals surface area contributed by atoms with Crippen molar-refractivity contribution in [3.8, 4) is 6.07 Å². The highest BCUT2D eigenvalue weighted by molar-refractivity contribution is 7.88. The predicted molar refractivity (Wildman–Crippen MR) is 77.9 cm³/mol. The van der Waals surface area contributed by atoms with Crippen molar-refractivity contribution >= 4 is 16.0 Å². The third-order valence-electron chi connectivity index (χ3n) is 2.84. The van der Waals surface area contributed by atoms with Crippen molar-refractivity contribution in [3.63, 3.8) is 0 Å². The molecule has 0 aliphatic rings. The first-order valence-corrected chi connectivity index (χ1v) is 8.01. The number of sulfonamides is 1. The Morgan fingerprint density at radius 1 is 1.33 bits per heavy atom. The van der Waals surface area contributed by atoms with Crippen LogP contribution in [0.15, 0.2) is 24.3 Å². The van der Waals surface area contributed by atoms with Gasteiger partial charge in [-0.2, -0.15) is 5.26 Å². The zero-order valence-corrected chi connectivity index (χ0v) is 12.8. The summed E-state index contributed by atoms with van der Waals surface area (Å²) >= 11 is 0. The lowest BCUT2D eigenvalue weighted by Gasteiger charge is -2.25. The fourth-order valence-corrected chi connectivity index (χ4v) is 3.47. The highest BCUT2D eigenvalue weighted by Gasteiger charge is 2.25. The quantitative estimate of drug-likeness (QED) is 0.795. The monoisotopic (exact) mass is 310 g/mol. The lowest BCUT2D eigenvalue weighted by atomic mass is 10.0. The zero-order valence-electron chi connectivity index (χ0n) is 12.0. The molecule has 21 heavy (non-hydrogen) atoms. The molecule has 0 atom stereocenters. The number of aliphatic carboxylic acids is 1. The van der Waals surface area contributed by atoms with Crippen molar-refractivity contribution in [1.82, 2.24) is 4.72 Å². The Hall–Kier alpha value is -1.91. The number of carboxylic acids is 1. The molecule has 0 fully saturated rings. The summed E-state index contributed by atoms with van der Waals surface area (Å²) in [5.74, 6) is -1.18. The normalized spacial score (nSPS) is 11.9. The van der Waals surface area contributed by atoms with Gasteiger partial charge in [0.1, 0.15) is 0 Å². The molecule has 0 spiro atoms. The number of nitrogens with one attached hydrogen (secondary N) is 1. The molecule has 1 aromatic rings. The fourth-order valence-electron chi connectivity index (χ4n) is 1.82. The number of nitriles is 1. The second kappa shape index (κ2) is 6.70. The van der Waals surface area contributed by atoms with Crippen LogP contribution >= 0.6 is 0 Å². The van der Waals surface area contributed by atoms with Gasteiger partial charge >= 0.3 is 5.97 Å². The molecule has 0 radical (unpaired) electrons. The standard InChI is InChI=1S/C14H18N2O4S/c1-14(2,8-7-13(17)18)16-21(19,20)10-12-5-3-11(9-15)4-6-12/h3-6,16H,7-8,10H2,1-2H3,(H,17,18). The zero-order chi connectivity index (χ0) is 16.1. The molecular formula is C14H18N2O4S. The Morgan fingerprint density at radius 2 is 1.90 bits per heavy atom. The number of nitrogens with zero attached hydrogens (tertiary/aromatic N) is 1. The summed E-state index contributed by atoms with van der Waals surface area (Å²) in [6, 6.07) is 8.24. The van der Waals surface area contributed by atoms with Gasteiger partial charge in [-0.05, 0) is 38.0 Å². The number of rotatable bonds is 7. The van der Waals surface area contributed by atoms with Crippen molar-refractivity contribution in [2.24, 2.45) is 0 Å². The van der Waals surface area contributed by atoms with Crippen LogP contribution in [0.3, 0.4) is 0 Å². The highest BCUT2D eigenvalue weighted by Crippen LogP contribution is 2.15. The van der Waals surface area contributed by atoms with Gasteiger partial charge in [0.2, 0.25) is 10.0 Å². The Balaban J connectivity index is 2.72. The van der Waals surface area contributed by atoms with Crippen LogP contribution in [0.2, 0.25) is 0 Å². The van der Waals surface area contributed by atoms with E-state index in [9.17, 15) is 13.2 Å². The van der Waals surface area contributed by atoms with Gasteiger partial charge < -0.3 is 5.11 Å². The topological polar surface area (TPSA) is 107 Å². The van der Waals surface area contributed by atoms with Gasteiger partial charge in [0.25, 0.3) is 0 Å². The minimum absolute atomic E-state index is 0.105. The van der Waals surface area contributed by atoms with Crippen LogP contribution in [0.4, 0.5) is 0 Å². The largest absolute Gasteiger partial charge is 0.481 e. The molecule has 6 nitrogen and oxygen atoms in total. The summed E-state index contributed by atoms with van der Waals surface area (Å²) in [6.45, 7) is 3.29. The van der Waals surface area contributed by atoms with E-state index in [0.29, 0.717) is 11.1 Å². The van der Waals surface area contributed by atoms with Gasteiger partial charge in [-0.15, -0.1) is 0 Å². The Morgan fingerprint density at radius 3 is 2.38 bits per heavy atom. The minimum Gasteiger partial charge on any atom is -0.481 e. The van der Waals surface area contributed by atoms with Gasteiger partial charge in [0.15, 0.2) is 0 Å². The third-order valence-corrected chi connectivity index (χ3v) is 4.41. The molecule has 0 amide bonds. The van der Waals surface area contributed by atoms with Gasteiger partial charge in [-0.1, -0.05) is 12.1 Å². The van der Waals surface area contributed by atoms with Crippen LogP contribution in [-0.4, -0.2) is 25.0 Å². The van der Waals surface area contributed by atoms with Gasteiger partial charge in [-0.3, -0.25) is 4.79 Å². The Labute approximate surface area is 124 Å². The average molecular weight is 310 g/mol. The maximum Gasteiger partial charge on any atom is 0.303 e. The Kier molecular flexibility index (Phi) is 5.47. The molecular weight excluding hydrogens is 292 g/mol. The second-order valence-corrected chi connectivity index (χ2v) is 7.17. The van der Waals surface area contributed by atoms with E-state index in [2.05, 4.69) is 4.72 Å². The number of carboxylic acid groups (broad SMARTS) is 1. The van der Waals surface area contributed by atoms with Crippen LogP contribution in [0.5, 0.6) is 0 Å². The summed E-state index contributed by atoms with van der Waals surface area (Å²) in [7, 11) is -3.59. The lowest BCUT2D eigenvalue weighted by Crippen LogP contribution is -2.44. The highest BCUT2D eigenvalue weighted by atomic mass is 32.2. The summed E-state index contributed by atoms with van der Waals surface area (Å²) < 4.78 is 26.7. The molecule has 2 N–H and O–H groups in total. The van der Waals surface area contributed by atoms with E-state index >= 15 is 0 Å². The molecule has 0 aliphatic carbocycles. The number of benzene rings is 1. The van der Waals surface area contributed by atoms with Crippen LogP contribution in [-0.2, 0) is 20.6 Å². The molecule has 0 bridgehead atoms. The molecule has 1 aromatic carbocycles.